The summed E-state index contributed by atoms with van der Waals surface area (Å²) >= 11 is 0. The number of para-hydroxylation sites is 1. The van der Waals surface area contributed by atoms with Gasteiger partial charge in [0, 0.05) is 28.4 Å². The van der Waals surface area contributed by atoms with Crippen molar-refractivity contribution in [2.45, 2.75) is 19.4 Å². The van der Waals surface area contributed by atoms with Crippen LogP contribution < -0.4 is 15.4 Å². The van der Waals surface area contributed by atoms with Crippen molar-refractivity contribution in [2.24, 2.45) is 0 Å². The molecular formula is C26H24N2O6. The quantitative estimate of drug-likeness (QED) is 0.380. The fourth-order valence-corrected chi connectivity index (χ4v) is 3.61. The molecule has 8 nitrogen and oxygen atoms in total. The van der Waals surface area contributed by atoms with Gasteiger partial charge in [-0.25, -0.2) is 0 Å². The van der Waals surface area contributed by atoms with E-state index in [4.69, 9.17) is 13.9 Å². The monoisotopic (exact) mass is 460 g/mol. The third-order valence-electron chi connectivity index (χ3n) is 5.22. The minimum Gasteiger partial charge on any atom is -0.495 e. The first kappa shape index (κ1) is 22.8. The number of amides is 2. The minimum absolute atomic E-state index is 0.0693. The third-order valence-corrected chi connectivity index (χ3v) is 5.22. The van der Waals surface area contributed by atoms with E-state index < -0.39 is 24.5 Å². The maximum Gasteiger partial charge on any atom is 0.308 e. The van der Waals surface area contributed by atoms with Crippen LogP contribution in [0.25, 0.3) is 21.9 Å². The van der Waals surface area contributed by atoms with E-state index in [2.05, 4.69) is 10.6 Å². The Kier molecular flexibility index (Phi) is 6.77. The van der Waals surface area contributed by atoms with Gasteiger partial charge in [-0.1, -0.05) is 36.4 Å². The highest BCUT2D eigenvalue weighted by Crippen LogP contribution is 2.36. The van der Waals surface area contributed by atoms with Crippen LogP contribution in [0.1, 0.15) is 23.7 Å². The summed E-state index contributed by atoms with van der Waals surface area (Å²) in [5, 5.41) is 7.22. The van der Waals surface area contributed by atoms with Crippen molar-refractivity contribution in [3.8, 4) is 5.75 Å². The molecule has 0 spiro atoms. The lowest BCUT2D eigenvalue weighted by Gasteiger charge is -2.14. The Morgan fingerprint density at radius 2 is 1.68 bits per heavy atom. The summed E-state index contributed by atoms with van der Waals surface area (Å²) in [6.45, 7) is 1.22. The average Bonchev–Trinajstić information content (AvgIpc) is 3.20. The Labute approximate surface area is 195 Å². The van der Waals surface area contributed by atoms with Crippen molar-refractivity contribution in [1.29, 1.82) is 0 Å². The summed E-state index contributed by atoms with van der Waals surface area (Å²) < 4.78 is 16.3. The van der Waals surface area contributed by atoms with Gasteiger partial charge in [-0.05, 0) is 31.2 Å². The molecule has 8 heteroatoms. The van der Waals surface area contributed by atoms with E-state index in [-0.39, 0.29) is 12.3 Å². The van der Waals surface area contributed by atoms with Gasteiger partial charge in [0.15, 0.2) is 6.61 Å². The second-order valence-corrected chi connectivity index (χ2v) is 7.80. The number of benzene rings is 3. The normalized spacial score (nSPS) is 11.7. The molecule has 1 aromatic heterocycles. The van der Waals surface area contributed by atoms with Crippen molar-refractivity contribution < 1.29 is 28.3 Å². The molecule has 174 valence electrons. The summed E-state index contributed by atoms with van der Waals surface area (Å²) in [6.07, 6.45) is -0.0693. The van der Waals surface area contributed by atoms with Gasteiger partial charge in [-0.2, -0.15) is 0 Å². The van der Waals surface area contributed by atoms with Crippen LogP contribution in [0, 0.1) is 0 Å². The highest BCUT2D eigenvalue weighted by molar-refractivity contribution is 6.08. The maximum absolute atomic E-state index is 12.4. The van der Waals surface area contributed by atoms with Gasteiger partial charge < -0.3 is 24.5 Å². The van der Waals surface area contributed by atoms with Crippen LogP contribution in [0.3, 0.4) is 0 Å². The second kappa shape index (κ2) is 10.1. The van der Waals surface area contributed by atoms with Crippen molar-refractivity contribution >= 4 is 45.4 Å². The average molecular weight is 460 g/mol. The molecule has 4 rings (SSSR count). The lowest BCUT2D eigenvalue weighted by molar-refractivity contribution is -0.147. The first-order valence-corrected chi connectivity index (χ1v) is 10.7. The highest BCUT2D eigenvalue weighted by Gasteiger charge is 2.17. The Morgan fingerprint density at radius 1 is 0.941 bits per heavy atom. The number of hydrogen-bond donors (Lipinski definition) is 2. The summed E-state index contributed by atoms with van der Waals surface area (Å²) in [5.41, 5.74) is 2.22. The Bertz CT molecular complexity index is 1350. The van der Waals surface area contributed by atoms with Gasteiger partial charge in [0.1, 0.15) is 16.9 Å². The van der Waals surface area contributed by atoms with E-state index in [1.165, 1.54) is 7.11 Å². The number of fused-ring (bicyclic) bond motifs is 3. The molecule has 0 aliphatic carbocycles. The summed E-state index contributed by atoms with van der Waals surface area (Å²) in [7, 11) is 1.50. The van der Waals surface area contributed by atoms with Crippen LogP contribution in [0.15, 0.2) is 71.1 Å². The summed E-state index contributed by atoms with van der Waals surface area (Å²) in [4.78, 5) is 36.7. The molecule has 0 bridgehead atoms. The van der Waals surface area contributed by atoms with Crippen molar-refractivity contribution in [3.05, 3.63) is 72.3 Å². The molecule has 3 aromatic carbocycles. The standard InChI is InChI=1S/C26H24N2O6/c1-16(27-26(31)17-8-4-3-5-9-17)12-25(30)33-15-24(29)28-20-14-22-19(13-23(20)32-2)18-10-6-7-11-21(18)34-22/h3-11,13-14,16H,12,15H2,1-2H3,(H,27,31)(H,28,29). The molecule has 4 aromatic rings. The van der Waals surface area contributed by atoms with Gasteiger partial charge in [-0.15, -0.1) is 0 Å². The zero-order chi connectivity index (χ0) is 24.1. The maximum atomic E-state index is 12.4. The molecule has 0 fully saturated rings. The Morgan fingerprint density at radius 3 is 2.44 bits per heavy atom. The van der Waals surface area contributed by atoms with E-state index in [1.807, 2.05) is 30.3 Å². The Balaban J connectivity index is 1.33. The molecule has 2 N–H and O–H groups in total. The molecule has 0 aliphatic heterocycles. The summed E-state index contributed by atoms with van der Waals surface area (Å²) in [6, 6.07) is 19.3. The predicted octanol–water partition coefficient (Wildman–Crippen LogP) is 4.28. The molecule has 1 heterocycles. The van der Waals surface area contributed by atoms with E-state index in [9.17, 15) is 14.4 Å². The lowest BCUT2D eigenvalue weighted by Crippen LogP contribution is -2.35. The van der Waals surface area contributed by atoms with Gasteiger partial charge in [0.25, 0.3) is 11.8 Å². The molecular weight excluding hydrogens is 436 g/mol. The van der Waals surface area contributed by atoms with Crippen LogP contribution in [0.2, 0.25) is 0 Å². The number of methoxy groups -OCH3 is 1. The number of furan rings is 1. The largest absolute Gasteiger partial charge is 0.495 e. The number of carbonyl (C=O) groups excluding carboxylic acids is 3. The SMILES string of the molecule is COc1cc2c(cc1NC(=O)COC(=O)CC(C)NC(=O)c1ccccc1)oc1ccccc12. The lowest BCUT2D eigenvalue weighted by atomic mass is 10.1. The minimum atomic E-state index is -0.601. The van der Waals surface area contributed by atoms with Crippen LogP contribution in [0.5, 0.6) is 5.75 Å². The highest BCUT2D eigenvalue weighted by atomic mass is 16.5. The number of esters is 1. The molecule has 1 unspecified atom stereocenters. The first-order valence-electron chi connectivity index (χ1n) is 10.7. The fraction of sp³-hybridized carbons (Fsp3) is 0.192. The van der Waals surface area contributed by atoms with E-state index in [0.717, 1.165) is 16.4 Å². The van der Waals surface area contributed by atoms with Gasteiger partial charge in [-0.3, -0.25) is 14.4 Å². The second-order valence-electron chi connectivity index (χ2n) is 7.80. The molecule has 34 heavy (non-hydrogen) atoms. The number of carbonyl (C=O) groups is 3. The first-order chi connectivity index (χ1) is 16.4. The van der Waals surface area contributed by atoms with Crippen molar-refractivity contribution in [3.63, 3.8) is 0 Å². The van der Waals surface area contributed by atoms with Crippen molar-refractivity contribution in [1.82, 2.24) is 5.32 Å². The molecule has 0 radical (unpaired) electrons. The number of rotatable bonds is 8. The zero-order valence-corrected chi connectivity index (χ0v) is 18.8. The molecule has 0 saturated heterocycles. The summed E-state index contributed by atoms with van der Waals surface area (Å²) in [5.74, 6) is -0.957. The predicted molar refractivity (Wildman–Crippen MR) is 128 cm³/mol. The van der Waals surface area contributed by atoms with Crippen LogP contribution >= 0.6 is 0 Å². The number of nitrogens with one attached hydrogen (secondary N) is 2. The van der Waals surface area contributed by atoms with E-state index in [0.29, 0.717) is 22.6 Å². The molecule has 0 aliphatic rings. The third kappa shape index (κ3) is 5.17. The smallest absolute Gasteiger partial charge is 0.308 e. The van der Waals surface area contributed by atoms with E-state index in [1.54, 1.807) is 43.3 Å². The van der Waals surface area contributed by atoms with Gasteiger partial charge in [0.2, 0.25) is 0 Å². The molecule has 2 amide bonds. The molecule has 0 saturated carbocycles. The topological polar surface area (TPSA) is 107 Å². The molecule has 1 atom stereocenters. The fourth-order valence-electron chi connectivity index (χ4n) is 3.61. The van der Waals surface area contributed by atoms with Gasteiger partial charge in [0.05, 0.1) is 19.2 Å². The van der Waals surface area contributed by atoms with Crippen molar-refractivity contribution in [2.75, 3.05) is 19.0 Å². The van der Waals surface area contributed by atoms with E-state index >= 15 is 0 Å². The van der Waals surface area contributed by atoms with Crippen LogP contribution in [-0.2, 0) is 14.3 Å². The number of anilines is 1. The zero-order valence-electron chi connectivity index (χ0n) is 18.8. The number of hydrogen-bond acceptors (Lipinski definition) is 6. The Hall–Kier alpha value is -4.33. The van der Waals surface area contributed by atoms with Crippen LogP contribution in [-0.4, -0.2) is 37.5 Å². The number of ether oxygens (including phenoxy) is 2. The van der Waals surface area contributed by atoms with Gasteiger partial charge >= 0.3 is 5.97 Å². The van der Waals surface area contributed by atoms with Crippen LogP contribution in [0.4, 0.5) is 5.69 Å².